The van der Waals surface area contributed by atoms with Gasteiger partial charge in [-0.05, 0) is 25.7 Å². The summed E-state index contributed by atoms with van der Waals surface area (Å²) in [5, 5.41) is 4.06. The average Bonchev–Trinajstić information content (AvgIpc) is 2.76. The molecular formula is C12H22BrNO2. The number of alkyl halides is 1. The summed E-state index contributed by atoms with van der Waals surface area (Å²) in [4.78, 5) is 12.1. The smallest absolute Gasteiger partial charge is 0.226 e. The second-order valence-electron chi connectivity index (χ2n) is 4.30. The highest BCUT2D eigenvalue weighted by atomic mass is 79.9. The first-order valence-electron chi connectivity index (χ1n) is 6.20. The summed E-state index contributed by atoms with van der Waals surface area (Å²) in [5.41, 5.74) is 0. The van der Waals surface area contributed by atoms with Gasteiger partial charge in [-0.3, -0.25) is 4.79 Å². The molecule has 1 fully saturated rings. The molecule has 1 rings (SSSR count). The Hall–Kier alpha value is -0.0900. The third kappa shape index (κ3) is 3.74. The number of amides is 1. The van der Waals surface area contributed by atoms with Gasteiger partial charge in [0.25, 0.3) is 0 Å². The summed E-state index contributed by atoms with van der Waals surface area (Å²) < 4.78 is 5.54. The number of ether oxygens (including phenoxy) is 1. The maximum Gasteiger partial charge on any atom is 0.226 e. The molecule has 0 radical (unpaired) electrons. The zero-order valence-electron chi connectivity index (χ0n) is 10.2. The van der Waals surface area contributed by atoms with Gasteiger partial charge >= 0.3 is 0 Å². The van der Waals surface area contributed by atoms with Gasteiger partial charge in [-0.2, -0.15) is 0 Å². The molecule has 0 spiro atoms. The van der Waals surface area contributed by atoms with Gasteiger partial charge in [-0.15, -0.1) is 0 Å². The predicted molar refractivity (Wildman–Crippen MR) is 68.8 cm³/mol. The van der Waals surface area contributed by atoms with E-state index >= 15 is 0 Å². The second-order valence-corrected chi connectivity index (χ2v) is 5.10. The van der Waals surface area contributed by atoms with Crippen LogP contribution in [0.25, 0.3) is 0 Å². The van der Waals surface area contributed by atoms with Crippen LogP contribution in [-0.4, -0.2) is 30.0 Å². The lowest BCUT2D eigenvalue weighted by Crippen LogP contribution is -2.41. The van der Waals surface area contributed by atoms with Crippen molar-refractivity contribution in [3.05, 3.63) is 0 Å². The van der Waals surface area contributed by atoms with Crippen LogP contribution in [0.5, 0.6) is 0 Å². The lowest BCUT2D eigenvalue weighted by Gasteiger charge is -2.21. The molecule has 1 saturated heterocycles. The van der Waals surface area contributed by atoms with E-state index in [0.717, 1.165) is 37.6 Å². The lowest BCUT2D eigenvalue weighted by molar-refractivity contribution is -0.127. The van der Waals surface area contributed by atoms with E-state index < -0.39 is 0 Å². The van der Waals surface area contributed by atoms with Crippen molar-refractivity contribution in [2.45, 2.75) is 51.7 Å². The fourth-order valence-corrected chi connectivity index (χ4v) is 2.72. The summed E-state index contributed by atoms with van der Waals surface area (Å²) in [5.74, 6) is 0.242. The number of hydrogen-bond acceptors (Lipinski definition) is 2. The molecular weight excluding hydrogens is 270 g/mol. The first-order valence-corrected chi connectivity index (χ1v) is 7.33. The molecule has 3 atom stereocenters. The van der Waals surface area contributed by atoms with Crippen LogP contribution in [0.3, 0.4) is 0 Å². The van der Waals surface area contributed by atoms with Gasteiger partial charge in [0.05, 0.1) is 12.0 Å². The third-order valence-electron chi connectivity index (χ3n) is 3.25. The highest BCUT2D eigenvalue weighted by Crippen LogP contribution is 2.23. The van der Waals surface area contributed by atoms with Gasteiger partial charge in [-0.1, -0.05) is 29.8 Å². The molecule has 1 aliphatic rings. The first kappa shape index (κ1) is 14.0. The minimum absolute atomic E-state index is 0.0642. The summed E-state index contributed by atoms with van der Waals surface area (Å²) in [6.07, 6.45) is 3.90. The molecule has 1 aliphatic heterocycles. The molecule has 0 aromatic heterocycles. The van der Waals surface area contributed by atoms with E-state index in [-0.39, 0.29) is 17.9 Å². The van der Waals surface area contributed by atoms with E-state index in [0.29, 0.717) is 6.04 Å². The molecule has 0 aromatic carbocycles. The van der Waals surface area contributed by atoms with Crippen molar-refractivity contribution in [1.29, 1.82) is 0 Å². The van der Waals surface area contributed by atoms with Gasteiger partial charge in [0.15, 0.2) is 0 Å². The van der Waals surface area contributed by atoms with Crippen molar-refractivity contribution < 1.29 is 9.53 Å². The number of hydrogen-bond donors (Lipinski definition) is 1. The number of halogens is 1. The molecule has 16 heavy (non-hydrogen) atoms. The van der Waals surface area contributed by atoms with Gasteiger partial charge in [-0.25, -0.2) is 0 Å². The van der Waals surface area contributed by atoms with Gasteiger partial charge in [0, 0.05) is 18.0 Å². The Morgan fingerprint density at radius 3 is 2.88 bits per heavy atom. The van der Waals surface area contributed by atoms with Crippen LogP contribution in [0.1, 0.15) is 39.5 Å². The molecule has 94 valence electrons. The van der Waals surface area contributed by atoms with Crippen molar-refractivity contribution in [1.82, 2.24) is 5.32 Å². The van der Waals surface area contributed by atoms with Crippen LogP contribution < -0.4 is 5.32 Å². The van der Waals surface area contributed by atoms with Gasteiger partial charge in [0.2, 0.25) is 5.91 Å². The van der Waals surface area contributed by atoms with E-state index in [1.165, 1.54) is 0 Å². The highest BCUT2D eigenvalue weighted by molar-refractivity contribution is 9.09. The Bertz CT molecular complexity index is 223. The molecule has 0 bridgehead atoms. The zero-order valence-corrected chi connectivity index (χ0v) is 11.8. The molecule has 1 amide bonds. The number of rotatable bonds is 6. The molecule has 1 heterocycles. The van der Waals surface area contributed by atoms with Crippen molar-refractivity contribution in [3.8, 4) is 0 Å². The Morgan fingerprint density at radius 2 is 2.31 bits per heavy atom. The van der Waals surface area contributed by atoms with Crippen LogP contribution in [0, 0.1) is 5.92 Å². The number of carbonyl (C=O) groups is 1. The zero-order chi connectivity index (χ0) is 12.0. The van der Waals surface area contributed by atoms with E-state index in [9.17, 15) is 4.79 Å². The van der Waals surface area contributed by atoms with E-state index in [1.54, 1.807) is 0 Å². The monoisotopic (exact) mass is 291 g/mol. The second kappa shape index (κ2) is 7.28. The van der Waals surface area contributed by atoms with Crippen LogP contribution >= 0.6 is 15.9 Å². The Kier molecular flexibility index (Phi) is 6.36. The van der Waals surface area contributed by atoms with Gasteiger partial charge < -0.3 is 10.1 Å². The largest absolute Gasteiger partial charge is 0.377 e. The minimum atomic E-state index is 0.0642. The fraction of sp³-hybridized carbons (Fsp3) is 0.917. The summed E-state index contributed by atoms with van der Waals surface area (Å²) >= 11 is 3.41. The van der Waals surface area contributed by atoms with Crippen LogP contribution in [0.15, 0.2) is 0 Å². The summed E-state index contributed by atoms with van der Waals surface area (Å²) in [6.45, 7) is 4.91. The van der Waals surface area contributed by atoms with Gasteiger partial charge in [0.1, 0.15) is 0 Å². The lowest BCUT2D eigenvalue weighted by atomic mass is 9.98. The van der Waals surface area contributed by atoms with Crippen molar-refractivity contribution in [3.63, 3.8) is 0 Å². The number of carbonyl (C=O) groups excluding carboxylic acids is 1. The standard InChI is InChI=1S/C12H22BrNO2/c1-3-9(5-7-13)14-12(15)10-6-8-16-11(10)4-2/h9-11H,3-8H2,1-2H3,(H,14,15). The third-order valence-corrected chi connectivity index (χ3v) is 3.70. The van der Waals surface area contributed by atoms with E-state index in [1.807, 2.05) is 0 Å². The maximum absolute atomic E-state index is 12.1. The highest BCUT2D eigenvalue weighted by Gasteiger charge is 2.33. The van der Waals surface area contributed by atoms with Crippen LogP contribution in [0.4, 0.5) is 0 Å². The molecule has 3 nitrogen and oxygen atoms in total. The van der Waals surface area contributed by atoms with Crippen LogP contribution in [-0.2, 0) is 9.53 Å². The quantitative estimate of drug-likeness (QED) is 0.764. The van der Waals surface area contributed by atoms with Crippen molar-refractivity contribution in [2.75, 3.05) is 11.9 Å². The van der Waals surface area contributed by atoms with Crippen molar-refractivity contribution in [2.24, 2.45) is 5.92 Å². The average molecular weight is 292 g/mol. The van der Waals surface area contributed by atoms with Crippen molar-refractivity contribution >= 4 is 21.8 Å². The minimum Gasteiger partial charge on any atom is -0.377 e. The normalized spacial score (nSPS) is 26.7. The van der Waals surface area contributed by atoms with Crippen LogP contribution in [0.2, 0.25) is 0 Å². The molecule has 4 heteroatoms. The molecule has 0 saturated carbocycles. The molecule has 1 N–H and O–H groups in total. The first-order chi connectivity index (χ1) is 7.72. The Morgan fingerprint density at radius 1 is 1.56 bits per heavy atom. The summed E-state index contributed by atoms with van der Waals surface area (Å²) in [7, 11) is 0. The maximum atomic E-state index is 12.1. The molecule has 3 unspecified atom stereocenters. The van der Waals surface area contributed by atoms with E-state index in [2.05, 4.69) is 35.1 Å². The topological polar surface area (TPSA) is 38.3 Å². The SMILES string of the molecule is CCC(CCBr)NC(=O)C1CCOC1CC. The molecule has 0 aliphatic carbocycles. The fourth-order valence-electron chi connectivity index (χ4n) is 2.17. The Labute approximate surface area is 106 Å². The predicted octanol–water partition coefficient (Wildman–Crippen LogP) is 2.48. The Balaban J connectivity index is 2.43. The van der Waals surface area contributed by atoms with E-state index in [4.69, 9.17) is 4.74 Å². The summed E-state index contributed by atoms with van der Waals surface area (Å²) in [6, 6.07) is 0.296. The molecule has 0 aromatic rings. The number of nitrogens with one attached hydrogen (secondary N) is 1.